The number of hydrogen-bond donors (Lipinski definition) is 2. The van der Waals surface area contributed by atoms with Gasteiger partial charge in [-0.1, -0.05) is 17.7 Å². The molecular weight excluding hydrogens is 262 g/mol. The molecule has 0 amide bonds. The van der Waals surface area contributed by atoms with Gasteiger partial charge in [-0.05, 0) is 62.0 Å². The second kappa shape index (κ2) is 5.29. The maximum Gasteiger partial charge on any atom is 0.119 e. The van der Waals surface area contributed by atoms with Crippen molar-refractivity contribution in [3.63, 3.8) is 0 Å². The molecule has 3 saturated carbocycles. The Bertz CT molecular complexity index is 484. The number of hydrogen-bond acceptors (Lipinski definition) is 3. The minimum Gasteiger partial charge on any atom is -0.491 e. The molecule has 2 bridgehead atoms. The second-order valence-electron chi connectivity index (χ2n) is 7.20. The highest BCUT2D eigenvalue weighted by atomic mass is 16.5. The summed E-state index contributed by atoms with van der Waals surface area (Å²) in [5.74, 6) is 4.65. The summed E-state index contributed by atoms with van der Waals surface area (Å²) in [5, 5.41) is 13.6. The van der Waals surface area contributed by atoms with Gasteiger partial charge in [0.1, 0.15) is 18.5 Å². The summed E-state index contributed by atoms with van der Waals surface area (Å²) in [4.78, 5) is 0. The zero-order valence-corrected chi connectivity index (χ0v) is 12.7. The van der Waals surface area contributed by atoms with E-state index < -0.39 is 6.10 Å². The highest BCUT2D eigenvalue weighted by Crippen LogP contribution is 2.65. The molecule has 0 aliphatic heterocycles. The van der Waals surface area contributed by atoms with Crippen molar-refractivity contribution in [1.29, 1.82) is 0 Å². The molecule has 0 spiro atoms. The lowest BCUT2D eigenvalue weighted by atomic mass is 10.0. The number of nitrogens with one attached hydrogen (secondary N) is 1. The van der Waals surface area contributed by atoms with Crippen molar-refractivity contribution < 1.29 is 9.84 Å². The predicted octanol–water partition coefficient (Wildman–Crippen LogP) is 2.37. The number of aliphatic hydroxyl groups excluding tert-OH is 1. The lowest BCUT2D eigenvalue weighted by Gasteiger charge is -2.15. The second-order valence-corrected chi connectivity index (χ2v) is 7.20. The van der Waals surface area contributed by atoms with Gasteiger partial charge in [0.15, 0.2) is 0 Å². The maximum atomic E-state index is 10.1. The summed E-state index contributed by atoms with van der Waals surface area (Å²) in [5.41, 5.74) is 1.22. The fourth-order valence-electron chi connectivity index (χ4n) is 4.76. The van der Waals surface area contributed by atoms with Crippen LogP contribution in [0.4, 0.5) is 0 Å². The van der Waals surface area contributed by atoms with E-state index in [4.69, 9.17) is 4.74 Å². The molecule has 4 rings (SSSR count). The van der Waals surface area contributed by atoms with Gasteiger partial charge >= 0.3 is 0 Å². The van der Waals surface area contributed by atoms with Gasteiger partial charge in [-0.2, -0.15) is 0 Å². The Labute approximate surface area is 126 Å². The van der Waals surface area contributed by atoms with E-state index in [9.17, 15) is 5.11 Å². The Balaban J connectivity index is 1.19. The Hall–Kier alpha value is -1.06. The summed E-state index contributed by atoms with van der Waals surface area (Å²) in [7, 11) is 0. The first-order valence-electron chi connectivity index (χ1n) is 8.33. The quantitative estimate of drug-likeness (QED) is 0.844. The molecule has 3 heteroatoms. The van der Waals surface area contributed by atoms with Gasteiger partial charge in [-0.15, -0.1) is 0 Å². The van der Waals surface area contributed by atoms with E-state index in [-0.39, 0.29) is 0 Å². The number of benzene rings is 1. The van der Waals surface area contributed by atoms with Crippen LogP contribution in [0.15, 0.2) is 24.3 Å². The van der Waals surface area contributed by atoms with Crippen molar-refractivity contribution in [1.82, 2.24) is 5.32 Å². The minimum atomic E-state index is -0.426. The summed E-state index contributed by atoms with van der Waals surface area (Å²) in [6.45, 7) is 3.08. The third kappa shape index (κ3) is 2.58. The molecule has 5 unspecified atom stereocenters. The summed E-state index contributed by atoms with van der Waals surface area (Å²) < 4.78 is 5.63. The van der Waals surface area contributed by atoms with Gasteiger partial charge in [-0.25, -0.2) is 0 Å². The van der Waals surface area contributed by atoms with Crippen LogP contribution in [0.1, 0.15) is 24.8 Å². The normalized spacial score (nSPS) is 37.3. The molecule has 1 aromatic rings. The van der Waals surface area contributed by atoms with Crippen LogP contribution in [-0.2, 0) is 0 Å². The van der Waals surface area contributed by atoms with Crippen LogP contribution in [0.5, 0.6) is 5.75 Å². The highest BCUT2D eigenvalue weighted by Gasteiger charge is 2.64. The molecule has 21 heavy (non-hydrogen) atoms. The molecule has 5 atom stereocenters. The SMILES string of the molecule is Cc1ccc(OCC(O)CNC2C3C4CCC(C4)C23)cc1. The molecule has 3 aliphatic carbocycles. The van der Waals surface area contributed by atoms with E-state index >= 15 is 0 Å². The Morgan fingerprint density at radius 2 is 1.86 bits per heavy atom. The molecule has 0 heterocycles. The average molecular weight is 287 g/mol. The number of aryl methyl sites for hydroxylation is 1. The van der Waals surface area contributed by atoms with E-state index in [0.717, 1.165) is 29.4 Å². The molecule has 3 nitrogen and oxygen atoms in total. The first-order valence-corrected chi connectivity index (χ1v) is 8.33. The Kier molecular flexibility index (Phi) is 3.43. The predicted molar refractivity (Wildman–Crippen MR) is 82.3 cm³/mol. The summed E-state index contributed by atoms with van der Waals surface area (Å²) in [6, 6.07) is 8.66. The van der Waals surface area contributed by atoms with Gasteiger partial charge in [0, 0.05) is 12.6 Å². The van der Waals surface area contributed by atoms with Crippen LogP contribution in [0.25, 0.3) is 0 Å². The minimum absolute atomic E-state index is 0.366. The van der Waals surface area contributed by atoms with Crippen LogP contribution in [-0.4, -0.2) is 30.4 Å². The molecule has 0 aromatic heterocycles. The zero-order chi connectivity index (χ0) is 14.4. The van der Waals surface area contributed by atoms with Crippen molar-refractivity contribution in [2.75, 3.05) is 13.2 Å². The molecule has 0 radical (unpaired) electrons. The first kappa shape index (κ1) is 13.6. The largest absolute Gasteiger partial charge is 0.491 e. The van der Waals surface area contributed by atoms with Gasteiger partial charge < -0.3 is 15.2 Å². The van der Waals surface area contributed by atoms with E-state index in [1.807, 2.05) is 24.3 Å². The van der Waals surface area contributed by atoms with Crippen LogP contribution < -0.4 is 10.1 Å². The average Bonchev–Trinajstić information content (AvgIpc) is 2.87. The number of rotatable bonds is 6. The monoisotopic (exact) mass is 287 g/mol. The van der Waals surface area contributed by atoms with E-state index in [2.05, 4.69) is 12.2 Å². The lowest BCUT2D eigenvalue weighted by molar-refractivity contribution is 0.105. The molecule has 2 N–H and O–H groups in total. The third-order valence-corrected chi connectivity index (χ3v) is 5.79. The van der Waals surface area contributed by atoms with Gasteiger partial charge in [-0.3, -0.25) is 0 Å². The summed E-state index contributed by atoms with van der Waals surface area (Å²) in [6.07, 6.45) is 3.95. The van der Waals surface area contributed by atoms with E-state index in [1.165, 1.54) is 24.8 Å². The molecule has 3 aliphatic rings. The lowest BCUT2D eigenvalue weighted by Crippen LogP contribution is -2.34. The maximum absolute atomic E-state index is 10.1. The first-order chi connectivity index (χ1) is 10.2. The standard InChI is InChI=1S/C18H25NO2/c1-11-2-6-15(7-3-11)21-10-14(20)9-19-18-16-12-4-5-13(8-12)17(16)18/h2-3,6-7,12-14,16-20H,4-5,8-10H2,1H3. The van der Waals surface area contributed by atoms with Crippen LogP contribution in [0.2, 0.25) is 0 Å². The smallest absolute Gasteiger partial charge is 0.119 e. The van der Waals surface area contributed by atoms with Crippen molar-refractivity contribution in [3.05, 3.63) is 29.8 Å². The van der Waals surface area contributed by atoms with Crippen molar-refractivity contribution in [3.8, 4) is 5.75 Å². The van der Waals surface area contributed by atoms with Crippen LogP contribution in [0, 0.1) is 30.6 Å². The molecule has 0 saturated heterocycles. The Morgan fingerprint density at radius 3 is 2.52 bits per heavy atom. The summed E-state index contributed by atoms with van der Waals surface area (Å²) >= 11 is 0. The van der Waals surface area contributed by atoms with Crippen LogP contribution >= 0.6 is 0 Å². The molecule has 1 aromatic carbocycles. The fraction of sp³-hybridized carbons (Fsp3) is 0.667. The van der Waals surface area contributed by atoms with E-state index in [1.54, 1.807) is 0 Å². The van der Waals surface area contributed by atoms with Gasteiger partial charge in [0.05, 0.1) is 0 Å². The number of aliphatic hydroxyl groups is 1. The fourth-order valence-corrected chi connectivity index (χ4v) is 4.76. The zero-order valence-electron chi connectivity index (χ0n) is 12.7. The number of ether oxygens (including phenoxy) is 1. The molecule has 114 valence electrons. The molecule has 3 fully saturated rings. The van der Waals surface area contributed by atoms with Crippen molar-refractivity contribution in [2.24, 2.45) is 23.7 Å². The third-order valence-electron chi connectivity index (χ3n) is 5.79. The van der Waals surface area contributed by atoms with Crippen molar-refractivity contribution >= 4 is 0 Å². The number of fused-ring (bicyclic) bond motifs is 5. The topological polar surface area (TPSA) is 41.5 Å². The van der Waals surface area contributed by atoms with Crippen molar-refractivity contribution in [2.45, 2.75) is 38.3 Å². The highest BCUT2D eigenvalue weighted by molar-refractivity contribution is 5.26. The Morgan fingerprint density at radius 1 is 1.19 bits per heavy atom. The van der Waals surface area contributed by atoms with E-state index in [0.29, 0.717) is 19.2 Å². The van der Waals surface area contributed by atoms with Gasteiger partial charge in [0.25, 0.3) is 0 Å². The van der Waals surface area contributed by atoms with Gasteiger partial charge in [0.2, 0.25) is 0 Å². The molecular formula is C18H25NO2. The van der Waals surface area contributed by atoms with Crippen LogP contribution in [0.3, 0.4) is 0 Å².